The fourth-order valence-corrected chi connectivity index (χ4v) is 3.83. The lowest BCUT2D eigenvalue weighted by atomic mass is 9.92. The maximum absolute atomic E-state index is 12.4. The number of aromatic nitrogens is 3. The van der Waals surface area contributed by atoms with Gasteiger partial charge in [0.25, 0.3) is 0 Å². The molecule has 0 aromatic carbocycles. The SMILES string of the molecule is C[C@@H]1C[C@H](C)CN(C(=O)CSc2nnc3ccccn23)C1. The van der Waals surface area contributed by atoms with Crippen LogP contribution in [0.3, 0.4) is 0 Å². The van der Waals surface area contributed by atoms with E-state index < -0.39 is 0 Å². The molecule has 1 fully saturated rings. The van der Waals surface area contributed by atoms with E-state index in [1.165, 1.54) is 18.2 Å². The molecule has 0 N–H and O–H groups in total. The van der Waals surface area contributed by atoms with Crippen molar-refractivity contribution in [2.75, 3.05) is 18.8 Å². The second-order valence-corrected chi connectivity index (χ2v) is 6.89. The summed E-state index contributed by atoms with van der Waals surface area (Å²) in [5.41, 5.74) is 0.813. The Bertz CT molecular complexity index is 631. The molecule has 0 unspecified atom stereocenters. The average molecular weight is 304 g/mol. The molecule has 3 heterocycles. The zero-order valence-corrected chi connectivity index (χ0v) is 13.2. The first kappa shape index (κ1) is 14.4. The van der Waals surface area contributed by atoms with Gasteiger partial charge in [0.15, 0.2) is 10.8 Å². The van der Waals surface area contributed by atoms with Gasteiger partial charge in [-0.3, -0.25) is 9.20 Å². The summed E-state index contributed by atoms with van der Waals surface area (Å²) in [6, 6.07) is 5.78. The van der Waals surface area contributed by atoms with Gasteiger partial charge in [-0.1, -0.05) is 31.7 Å². The molecular formula is C15H20N4OS. The van der Waals surface area contributed by atoms with E-state index in [2.05, 4.69) is 24.0 Å². The molecule has 3 rings (SSSR count). The molecule has 2 atom stereocenters. The van der Waals surface area contributed by atoms with Gasteiger partial charge in [0.05, 0.1) is 5.75 Å². The van der Waals surface area contributed by atoms with Gasteiger partial charge in [-0.05, 0) is 30.4 Å². The van der Waals surface area contributed by atoms with E-state index in [1.807, 2.05) is 33.7 Å². The number of amides is 1. The molecule has 6 heteroatoms. The number of hydrogen-bond acceptors (Lipinski definition) is 4. The summed E-state index contributed by atoms with van der Waals surface area (Å²) in [5, 5.41) is 9.02. The fourth-order valence-electron chi connectivity index (χ4n) is 3.00. The number of rotatable bonds is 3. The molecule has 1 saturated heterocycles. The zero-order valence-electron chi connectivity index (χ0n) is 12.4. The minimum absolute atomic E-state index is 0.200. The van der Waals surface area contributed by atoms with Crippen molar-refractivity contribution >= 4 is 23.3 Å². The number of carbonyl (C=O) groups excluding carboxylic acids is 1. The van der Waals surface area contributed by atoms with Gasteiger partial charge >= 0.3 is 0 Å². The second kappa shape index (κ2) is 6.05. The Morgan fingerprint density at radius 1 is 1.29 bits per heavy atom. The summed E-state index contributed by atoms with van der Waals surface area (Å²) >= 11 is 1.46. The number of likely N-dealkylation sites (tertiary alicyclic amines) is 1. The van der Waals surface area contributed by atoms with Gasteiger partial charge in [0.2, 0.25) is 5.91 Å². The first-order valence-corrected chi connectivity index (χ1v) is 8.32. The molecule has 2 aromatic rings. The molecule has 21 heavy (non-hydrogen) atoms. The number of carbonyl (C=O) groups is 1. The van der Waals surface area contributed by atoms with Crippen LogP contribution in [0.15, 0.2) is 29.6 Å². The molecular weight excluding hydrogens is 284 g/mol. The molecule has 0 spiro atoms. The van der Waals surface area contributed by atoms with Crippen LogP contribution in [0.4, 0.5) is 0 Å². The average Bonchev–Trinajstić information content (AvgIpc) is 2.87. The molecule has 0 aliphatic carbocycles. The molecule has 0 bridgehead atoms. The molecule has 0 saturated carbocycles. The lowest BCUT2D eigenvalue weighted by molar-refractivity contribution is -0.130. The third kappa shape index (κ3) is 3.20. The standard InChI is InChI=1S/C15H20N4OS/c1-11-7-12(2)9-18(8-11)14(20)10-21-15-17-16-13-5-3-4-6-19(13)15/h3-6,11-12H,7-10H2,1-2H3/t11-,12+. The fraction of sp³-hybridized carbons (Fsp3) is 0.533. The van der Waals surface area contributed by atoms with Crippen molar-refractivity contribution in [1.82, 2.24) is 19.5 Å². The van der Waals surface area contributed by atoms with Gasteiger partial charge < -0.3 is 4.90 Å². The Balaban J connectivity index is 1.63. The van der Waals surface area contributed by atoms with Gasteiger partial charge in [-0.25, -0.2) is 0 Å². The third-order valence-corrected chi connectivity index (χ3v) is 4.76. The van der Waals surface area contributed by atoms with Gasteiger partial charge in [-0.15, -0.1) is 10.2 Å². The van der Waals surface area contributed by atoms with Gasteiger partial charge in [0, 0.05) is 19.3 Å². The highest BCUT2D eigenvalue weighted by atomic mass is 32.2. The number of hydrogen-bond donors (Lipinski definition) is 0. The van der Waals surface area contributed by atoms with Crippen molar-refractivity contribution in [2.24, 2.45) is 11.8 Å². The summed E-state index contributed by atoms with van der Waals surface area (Å²) < 4.78 is 1.92. The predicted molar refractivity (Wildman–Crippen MR) is 83.2 cm³/mol. The zero-order chi connectivity index (χ0) is 14.8. The van der Waals surface area contributed by atoms with E-state index in [0.29, 0.717) is 17.6 Å². The first-order valence-electron chi connectivity index (χ1n) is 7.34. The summed E-state index contributed by atoms with van der Waals surface area (Å²) in [6.45, 7) is 6.19. The number of pyridine rings is 1. The van der Waals surface area contributed by atoms with Crippen LogP contribution in [-0.2, 0) is 4.79 Å². The maximum Gasteiger partial charge on any atom is 0.233 e. The Morgan fingerprint density at radius 2 is 2.05 bits per heavy atom. The molecule has 0 radical (unpaired) electrons. The number of thioether (sulfide) groups is 1. The number of piperidine rings is 1. The van der Waals surface area contributed by atoms with Crippen molar-refractivity contribution < 1.29 is 4.79 Å². The Morgan fingerprint density at radius 3 is 2.81 bits per heavy atom. The van der Waals surface area contributed by atoms with Crippen molar-refractivity contribution in [3.8, 4) is 0 Å². The quantitative estimate of drug-likeness (QED) is 0.817. The van der Waals surface area contributed by atoms with Gasteiger partial charge in [-0.2, -0.15) is 0 Å². The van der Waals surface area contributed by atoms with Crippen LogP contribution in [0, 0.1) is 11.8 Å². The Labute approximate surface area is 128 Å². The lowest BCUT2D eigenvalue weighted by Gasteiger charge is -2.34. The van der Waals surface area contributed by atoms with Crippen LogP contribution in [0.1, 0.15) is 20.3 Å². The van der Waals surface area contributed by atoms with Crippen LogP contribution in [0.5, 0.6) is 0 Å². The summed E-state index contributed by atoms with van der Waals surface area (Å²) in [5.74, 6) is 1.81. The minimum Gasteiger partial charge on any atom is -0.341 e. The van der Waals surface area contributed by atoms with Crippen LogP contribution < -0.4 is 0 Å². The van der Waals surface area contributed by atoms with E-state index in [1.54, 1.807) is 0 Å². The van der Waals surface area contributed by atoms with E-state index in [0.717, 1.165) is 23.9 Å². The predicted octanol–water partition coefficient (Wildman–Crippen LogP) is 2.33. The molecule has 1 amide bonds. The monoisotopic (exact) mass is 304 g/mol. The van der Waals surface area contributed by atoms with Crippen LogP contribution >= 0.6 is 11.8 Å². The molecule has 2 aromatic heterocycles. The summed E-state index contributed by atoms with van der Waals surface area (Å²) in [4.78, 5) is 14.4. The lowest BCUT2D eigenvalue weighted by Crippen LogP contribution is -2.43. The molecule has 1 aliphatic heterocycles. The van der Waals surface area contributed by atoms with Crippen LogP contribution in [0.25, 0.3) is 5.65 Å². The van der Waals surface area contributed by atoms with E-state index >= 15 is 0 Å². The highest BCUT2D eigenvalue weighted by Crippen LogP contribution is 2.23. The smallest absolute Gasteiger partial charge is 0.233 e. The molecule has 5 nitrogen and oxygen atoms in total. The van der Waals surface area contributed by atoms with Crippen LogP contribution in [0.2, 0.25) is 0 Å². The van der Waals surface area contributed by atoms with Crippen molar-refractivity contribution in [2.45, 2.75) is 25.4 Å². The number of nitrogens with zero attached hydrogens (tertiary/aromatic N) is 4. The van der Waals surface area contributed by atoms with E-state index in [4.69, 9.17) is 0 Å². The van der Waals surface area contributed by atoms with Gasteiger partial charge in [0.1, 0.15) is 0 Å². The number of fused-ring (bicyclic) bond motifs is 1. The van der Waals surface area contributed by atoms with E-state index in [9.17, 15) is 4.79 Å². The third-order valence-electron chi connectivity index (χ3n) is 3.83. The highest BCUT2D eigenvalue weighted by Gasteiger charge is 2.25. The maximum atomic E-state index is 12.4. The minimum atomic E-state index is 0.200. The largest absolute Gasteiger partial charge is 0.341 e. The van der Waals surface area contributed by atoms with Crippen molar-refractivity contribution in [1.29, 1.82) is 0 Å². The Kier molecular flexibility index (Phi) is 4.14. The summed E-state index contributed by atoms with van der Waals surface area (Å²) in [7, 11) is 0. The topological polar surface area (TPSA) is 50.5 Å². The normalized spacial score (nSPS) is 22.7. The van der Waals surface area contributed by atoms with Crippen LogP contribution in [-0.4, -0.2) is 44.2 Å². The van der Waals surface area contributed by atoms with Crippen molar-refractivity contribution in [3.63, 3.8) is 0 Å². The Hall–Kier alpha value is -1.56. The highest BCUT2D eigenvalue weighted by molar-refractivity contribution is 7.99. The first-order chi connectivity index (χ1) is 10.1. The van der Waals surface area contributed by atoms with Crippen molar-refractivity contribution in [3.05, 3.63) is 24.4 Å². The summed E-state index contributed by atoms with van der Waals surface area (Å²) in [6.07, 6.45) is 3.14. The molecule has 1 aliphatic rings. The van der Waals surface area contributed by atoms with E-state index in [-0.39, 0.29) is 5.91 Å². The second-order valence-electron chi connectivity index (χ2n) is 5.94. The molecule has 112 valence electrons.